The van der Waals surface area contributed by atoms with Gasteiger partial charge in [-0.1, -0.05) is 0 Å². The molecule has 0 aliphatic carbocycles. The number of hydrogen-bond acceptors (Lipinski definition) is 4. The molecule has 19 heavy (non-hydrogen) atoms. The summed E-state index contributed by atoms with van der Waals surface area (Å²) in [7, 11) is -3.88. The van der Waals surface area contributed by atoms with Gasteiger partial charge in [-0.3, -0.25) is 0 Å². The minimum absolute atomic E-state index is 0.0402. The number of halogens is 1. The van der Waals surface area contributed by atoms with Crippen molar-refractivity contribution >= 4 is 16.0 Å². The first-order valence-electron chi connectivity index (χ1n) is 5.52. The van der Waals surface area contributed by atoms with E-state index in [4.69, 9.17) is 10.2 Å². The number of carbonyl (C=O) groups is 1. The van der Waals surface area contributed by atoms with Crippen LogP contribution in [0.4, 0.5) is 4.39 Å². The van der Waals surface area contributed by atoms with E-state index in [1.807, 2.05) is 0 Å². The molecule has 0 aliphatic rings. The van der Waals surface area contributed by atoms with Crippen molar-refractivity contribution in [2.45, 2.75) is 17.7 Å². The minimum Gasteiger partial charge on any atom is -0.478 e. The Morgan fingerprint density at radius 1 is 1.32 bits per heavy atom. The fourth-order valence-corrected chi connectivity index (χ4v) is 2.46. The summed E-state index contributed by atoms with van der Waals surface area (Å²) in [6.07, 6.45) is 0.898. The van der Waals surface area contributed by atoms with Crippen LogP contribution >= 0.6 is 0 Å². The third kappa shape index (κ3) is 4.27. The lowest BCUT2D eigenvalue weighted by Gasteiger charge is -2.07. The standard InChI is InChI=1S/C11H14FNO5S/c12-10-4-3-8(7-9(10)11(15)16)19(17,18)13-5-1-2-6-14/h3-4,7,13-14H,1-2,5-6H2,(H,15,16). The molecule has 106 valence electrons. The summed E-state index contributed by atoms with van der Waals surface area (Å²) in [6.45, 7) is 0.0735. The van der Waals surface area contributed by atoms with E-state index in [0.717, 1.165) is 18.2 Å². The Morgan fingerprint density at radius 3 is 2.58 bits per heavy atom. The molecule has 3 N–H and O–H groups in total. The summed E-state index contributed by atoms with van der Waals surface area (Å²) in [5, 5.41) is 17.3. The van der Waals surface area contributed by atoms with Crippen molar-refractivity contribution in [2.75, 3.05) is 13.2 Å². The SMILES string of the molecule is O=C(O)c1cc(S(=O)(=O)NCCCCO)ccc1F. The number of sulfonamides is 1. The maximum absolute atomic E-state index is 13.1. The predicted octanol–water partition coefficient (Wildman–Crippen LogP) is 0.575. The number of aliphatic hydroxyl groups is 1. The summed E-state index contributed by atoms with van der Waals surface area (Å²) < 4.78 is 39.0. The van der Waals surface area contributed by atoms with Crippen LogP contribution in [0.1, 0.15) is 23.2 Å². The summed E-state index contributed by atoms with van der Waals surface area (Å²) >= 11 is 0. The average molecular weight is 291 g/mol. The zero-order chi connectivity index (χ0) is 14.5. The number of hydrogen-bond donors (Lipinski definition) is 3. The van der Waals surface area contributed by atoms with Gasteiger partial charge in [-0.2, -0.15) is 0 Å². The van der Waals surface area contributed by atoms with Crippen molar-refractivity contribution < 1.29 is 27.8 Å². The topological polar surface area (TPSA) is 104 Å². The van der Waals surface area contributed by atoms with Gasteiger partial charge in [0.05, 0.1) is 10.5 Å². The molecule has 0 fully saturated rings. The molecule has 0 bridgehead atoms. The molecule has 8 heteroatoms. The first kappa shape index (κ1) is 15.5. The Balaban J connectivity index is 2.89. The second kappa shape index (κ2) is 6.60. The van der Waals surface area contributed by atoms with Gasteiger partial charge < -0.3 is 10.2 Å². The van der Waals surface area contributed by atoms with E-state index in [1.54, 1.807) is 0 Å². The largest absolute Gasteiger partial charge is 0.478 e. The highest BCUT2D eigenvalue weighted by Crippen LogP contribution is 2.15. The molecule has 1 rings (SSSR count). The Hall–Kier alpha value is -1.51. The van der Waals surface area contributed by atoms with Crippen molar-refractivity contribution in [2.24, 2.45) is 0 Å². The highest BCUT2D eigenvalue weighted by atomic mass is 32.2. The quantitative estimate of drug-likeness (QED) is 0.637. The number of aliphatic hydroxyl groups excluding tert-OH is 1. The molecular weight excluding hydrogens is 277 g/mol. The van der Waals surface area contributed by atoms with Gasteiger partial charge in [0, 0.05) is 13.2 Å². The van der Waals surface area contributed by atoms with Crippen molar-refractivity contribution in [3.05, 3.63) is 29.6 Å². The van der Waals surface area contributed by atoms with Gasteiger partial charge in [0.2, 0.25) is 10.0 Å². The van der Waals surface area contributed by atoms with Crippen LogP contribution in [0.2, 0.25) is 0 Å². The number of unbranched alkanes of at least 4 members (excludes halogenated alkanes) is 1. The van der Waals surface area contributed by atoms with Crippen LogP contribution in [0.5, 0.6) is 0 Å². The van der Waals surface area contributed by atoms with Crippen LogP contribution in [-0.4, -0.2) is 37.8 Å². The Morgan fingerprint density at radius 2 is 2.00 bits per heavy atom. The molecule has 0 aromatic heterocycles. The fourth-order valence-electron chi connectivity index (χ4n) is 1.36. The zero-order valence-electron chi connectivity index (χ0n) is 9.97. The van der Waals surface area contributed by atoms with Crippen LogP contribution in [0.15, 0.2) is 23.1 Å². The maximum Gasteiger partial charge on any atom is 0.338 e. The molecule has 0 heterocycles. The second-order valence-corrected chi connectivity index (χ2v) is 5.54. The van der Waals surface area contributed by atoms with E-state index >= 15 is 0 Å². The summed E-state index contributed by atoms with van der Waals surface area (Å²) in [5.74, 6) is -2.53. The Kier molecular flexibility index (Phi) is 5.40. The van der Waals surface area contributed by atoms with Gasteiger partial charge in [-0.05, 0) is 31.0 Å². The van der Waals surface area contributed by atoms with E-state index in [1.165, 1.54) is 0 Å². The first-order valence-corrected chi connectivity index (χ1v) is 7.00. The monoisotopic (exact) mass is 291 g/mol. The van der Waals surface area contributed by atoms with Gasteiger partial charge >= 0.3 is 5.97 Å². The van der Waals surface area contributed by atoms with Crippen molar-refractivity contribution in [3.8, 4) is 0 Å². The molecule has 0 spiro atoms. The molecule has 1 aromatic carbocycles. The fraction of sp³-hybridized carbons (Fsp3) is 0.364. The van der Waals surface area contributed by atoms with Crippen LogP contribution < -0.4 is 4.72 Å². The van der Waals surface area contributed by atoms with Crippen LogP contribution in [0.3, 0.4) is 0 Å². The van der Waals surface area contributed by atoms with E-state index < -0.39 is 27.4 Å². The lowest BCUT2D eigenvalue weighted by Crippen LogP contribution is -2.25. The first-order chi connectivity index (χ1) is 8.88. The number of aromatic carboxylic acids is 1. The third-order valence-corrected chi connectivity index (χ3v) is 3.81. The molecule has 0 atom stereocenters. The van der Waals surface area contributed by atoms with Crippen LogP contribution in [-0.2, 0) is 10.0 Å². The summed E-state index contributed by atoms with van der Waals surface area (Å²) in [6, 6.07) is 2.56. The molecule has 0 saturated heterocycles. The number of carboxylic acids is 1. The predicted molar refractivity (Wildman–Crippen MR) is 64.9 cm³/mol. The van der Waals surface area contributed by atoms with Crippen molar-refractivity contribution in [1.29, 1.82) is 0 Å². The van der Waals surface area contributed by atoms with Gasteiger partial charge in [-0.15, -0.1) is 0 Å². The number of nitrogens with one attached hydrogen (secondary N) is 1. The number of rotatable bonds is 7. The van der Waals surface area contributed by atoms with Gasteiger partial charge in [0.15, 0.2) is 0 Å². The van der Waals surface area contributed by atoms with Crippen molar-refractivity contribution in [3.63, 3.8) is 0 Å². The number of benzene rings is 1. The minimum atomic E-state index is -3.88. The zero-order valence-corrected chi connectivity index (χ0v) is 10.8. The molecule has 0 unspecified atom stereocenters. The lowest BCUT2D eigenvalue weighted by atomic mass is 10.2. The van der Waals surface area contributed by atoms with Gasteiger partial charge in [-0.25, -0.2) is 22.3 Å². The highest BCUT2D eigenvalue weighted by molar-refractivity contribution is 7.89. The number of carboxylic acid groups (broad SMARTS) is 1. The molecule has 0 radical (unpaired) electrons. The maximum atomic E-state index is 13.1. The normalized spacial score (nSPS) is 11.5. The van der Waals surface area contributed by atoms with E-state index in [9.17, 15) is 17.6 Å². The smallest absolute Gasteiger partial charge is 0.338 e. The second-order valence-electron chi connectivity index (χ2n) is 3.78. The molecule has 0 saturated carbocycles. The van der Waals surface area contributed by atoms with Crippen molar-refractivity contribution in [1.82, 2.24) is 4.72 Å². The molecular formula is C11H14FNO5S. The summed E-state index contributed by atoms with van der Waals surface area (Å²) in [4.78, 5) is 10.4. The Bertz CT molecular complexity index is 558. The van der Waals surface area contributed by atoms with E-state index in [-0.39, 0.29) is 18.0 Å². The van der Waals surface area contributed by atoms with E-state index in [0.29, 0.717) is 12.8 Å². The molecule has 6 nitrogen and oxygen atoms in total. The average Bonchev–Trinajstić information content (AvgIpc) is 2.34. The third-order valence-electron chi connectivity index (χ3n) is 2.36. The van der Waals surface area contributed by atoms with Crippen LogP contribution in [0.25, 0.3) is 0 Å². The highest BCUT2D eigenvalue weighted by Gasteiger charge is 2.18. The lowest BCUT2D eigenvalue weighted by molar-refractivity contribution is 0.0691. The van der Waals surface area contributed by atoms with Crippen LogP contribution in [0, 0.1) is 5.82 Å². The molecule has 0 amide bonds. The van der Waals surface area contributed by atoms with Gasteiger partial charge in [0.1, 0.15) is 5.82 Å². The molecule has 1 aromatic rings. The molecule has 0 aliphatic heterocycles. The van der Waals surface area contributed by atoms with Gasteiger partial charge in [0.25, 0.3) is 0 Å². The van der Waals surface area contributed by atoms with E-state index in [2.05, 4.69) is 4.72 Å². The Labute approximate surface area is 109 Å². The summed E-state index contributed by atoms with van der Waals surface area (Å²) in [5.41, 5.74) is -0.696.